The Hall–Kier alpha value is -0.0800. The van der Waals surface area contributed by atoms with Crippen molar-refractivity contribution < 1.29 is 9.47 Å². The molecule has 2 atom stereocenters. The molecule has 2 nitrogen and oxygen atoms in total. The fraction of sp³-hybridized carbons (Fsp3) is 1.00. The number of ether oxygens (including phenoxy) is 2. The second kappa shape index (κ2) is 1.71. The van der Waals surface area contributed by atoms with Gasteiger partial charge < -0.3 is 9.47 Å². The molecule has 46 valence electrons. The van der Waals surface area contributed by atoms with Crippen LogP contribution in [0.1, 0.15) is 12.8 Å². The third kappa shape index (κ3) is 0.565. The van der Waals surface area contributed by atoms with Gasteiger partial charge in [-0.05, 0) is 12.8 Å². The van der Waals surface area contributed by atoms with Gasteiger partial charge in [0.2, 0.25) is 0 Å². The van der Waals surface area contributed by atoms with E-state index in [1.807, 2.05) is 0 Å². The van der Waals surface area contributed by atoms with Gasteiger partial charge in [0, 0.05) is 13.2 Å². The number of rotatable bonds is 0. The van der Waals surface area contributed by atoms with Crippen LogP contribution in [0.15, 0.2) is 0 Å². The van der Waals surface area contributed by atoms with Crippen LogP contribution in [0.4, 0.5) is 0 Å². The van der Waals surface area contributed by atoms with Crippen molar-refractivity contribution >= 4 is 0 Å². The zero-order chi connectivity index (χ0) is 5.40. The molecule has 2 fully saturated rings. The first-order valence-electron chi connectivity index (χ1n) is 3.20. The summed E-state index contributed by atoms with van der Waals surface area (Å²) in [5.74, 6) is 0. The van der Waals surface area contributed by atoms with Crippen LogP contribution in [0, 0.1) is 0 Å². The average molecular weight is 114 g/mol. The zero-order valence-corrected chi connectivity index (χ0v) is 4.80. The molecule has 0 aromatic carbocycles. The summed E-state index contributed by atoms with van der Waals surface area (Å²) in [4.78, 5) is 0. The summed E-state index contributed by atoms with van der Waals surface area (Å²) in [5, 5.41) is 0. The van der Waals surface area contributed by atoms with Crippen molar-refractivity contribution in [2.75, 3.05) is 13.2 Å². The summed E-state index contributed by atoms with van der Waals surface area (Å²) in [6.07, 6.45) is 3.14. The molecule has 2 aliphatic rings. The Morgan fingerprint density at radius 3 is 1.88 bits per heavy atom. The van der Waals surface area contributed by atoms with Gasteiger partial charge >= 0.3 is 0 Å². The van der Waals surface area contributed by atoms with E-state index >= 15 is 0 Å². The van der Waals surface area contributed by atoms with E-state index < -0.39 is 0 Å². The van der Waals surface area contributed by atoms with Gasteiger partial charge in [-0.2, -0.15) is 0 Å². The molecule has 0 N–H and O–H groups in total. The lowest BCUT2D eigenvalue weighted by molar-refractivity contribution is 0.0732. The fourth-order valence-electron chi connectivity index (χ4n) is 1.42. The minimum Gasteiger partial charge on any atom is -0.375 e. The smallest absolute Gasteiger partial charge is 0.0859 e. The highest BCUT2D eigenvalue weighted by Crippen LogP contribution is 2.25. The van der Waals surface area contributed by atoms with Crippen LogP contribution < -0.4 is 0 Å². The van der Waals surface area contributed by atoms with Crippen molar-refractivity contribution in [3.05, 3.63) is 0 Å². The Morgan fingerprint density at radius 1 is 0.875 bits per heavy atom. The SMILES string of the molecule is C1C[C@H]2OCC[C@H]2O1. The molecule has 2 aliphatic heterocycles. The Labute approximate surface area is 48.8 Å². The van der Waals surface area contributed by atoms with Crippen LogP contribution in [0.2, 0.25) is 0 Å². The van der Waals surface area contributed by atoms with Crippen molar-refractivity contribution in [1.29, 1.82) is 0 Å². The van der Waals surface area contributed by atoms with E-state index in [2.05, 4.69) is 0 Å². The Morgan fingerprint density at radius 2 is 1.38 bits per heavy atom. The lowest BCUT2D eigenvalue weighted by Gasteiger charge is -2.03. The third-order valence-corrected chi connectivity index (χ3v) is 1.88. The number of fused-ring (bicyclic) bond motifs is 1. The Bertz CT molecular complexity index is 72.5. The van der Waals surface area contributed by atoms with Crippen molar-refractivity contribution in [1.82, 2.24) is 0 Å². The predicted molar refractivity (Wildman–Crippen MR) is 28.7 cm³/mol. The highest BCUT2D eigenvalue weighted by molar-refractivity contribution is 4.81. The molecular weight excluding hydrogens is 104 g/mol. The Balaban J connectivity index is 2.04. The van der Waals surface area contributed by atoms with Gasteiger partial charge in [-0.25, -0.2) is 0 Å². The summed E-state index contributed by atoms with van der Waals surface area (Å²) in [6, 6.07) is 0. The minimum atomic E-state index is 0.454. The summed E-state index contributed by atoms with van der Waals surface area (Å²) >= 11 is 0. The van der Waals surface area contributed by atoms with Crippen molar-refractivity contribution in [2.24, 2.45) is 0 Å². The van der Waals surface area contributed by atoms with Gasteiger partial charge in [0.05, 0.1) is 12.2 Å². The maximum atomic E-state index is 5.35. The normalized spacial score (nSPS) is 45.0. The molecule has 0 bridgehead atoms. The van der Waals surface area contributed by atoms with Gasteiger partial charge in [-0.1, -0.05) is 0 Å². The van der Waals surface area contributed by atoms with E-state index in [1.165, 1.54) is 0 Å². The van der Waals surface area contributed by atoms with Gasteiger partial charge in [-0.3, -0.25) is 0 Å². The van der Waals surface area contributed by atoms with Crippen LogP contribution in [-0.4, -0.2) is 25.4 Å². The lowest BCUT2D eigenvalue weighted by atomic mass is 10.2. The first kappa shape index (κ1) is 4.77. The second-order valence-electron chi connectivity index (χ2n) is 2.40. The van der Waals surface area contributed by atoms with Crippen LogP contribution in [0.25, 0.3) is 0 Å². The van der Waals surface area contributed by atoms with Gasteiger partial charge in [0.1, 0.15) is 0 Å². The molecule has 0 aromatic rings. The minimum absolute atomic E-state index is 0.454. The van der Waals surface area contributed by atoms with Gasteiger partial charge in [-0.15, -0.1) is 0 Å². The highest BCUT2D eigenvalue weighted by atomic mass is 16.6. The standard InChI is InChI=1S/C6H10O2/c1-3-7-6-2-4-8-5(1)6/h5-6H,1-4H2/t5-,6-/m1/s1. The maximum absolute atomic E-state index is 5.35. The lowest BCUT2D eigenvalue weighted by Crippen LogP contribution is -2.13. The molecule has 0 aromatic heterocycles. The first-order chi connectivity index (χ1) is 3.97. The number of hydrogen-bond acceptors (Lipinski definition) is 2. The molecule has 0 amide bonds. The summed E-state index contributed by atoms with van der Waals surface area (Å²) in [5.41, 5.74) is 0. The van der Waals surface area contributed by atoms with E-state index in [9.17, 15) is 0 Å². The predicted octanol–water partition coefficient (Wildman–Crippen LogP) is 0.564. The largest absolute Gasteiger partial charge is 0.375 e. The molecular formula is C6H10O2. The molecule has 0 saturated carbocycles. The quantitative estimate of drug-likeness (QED) is 0.458. The Kier molecular flexibility index (Phi) is 1.02. The van der Waals surface area contributed by atoms with Gasteiger partial charge in [0.25, 0.3) is 0 Å². The maximum Gasteiger partial charge on any atom is 0.0859 e. The third-order valence-electron chi connectivity index (χ3n) is 1.88. The summed E-state index contributed by atoms with van der Waals surface area (Å²) < 4.78 is 10.7. The molecule has 0 aliphatic carbocycles. The zero-order valence-electron chi connectivity index (χ0n) is 4.80. The molecule has 2 heteroatoms. The molecule has 2 rings (SSSR count). The molecule has 2 heterocycles. The average Bonchev–Trinajstić information content (AvgIpc) is 2.15. The molecule has 8 heavy (non-hydrogen) atoms. The van der Waals surface area contributed by atoms with Crippen LogP contribution in [0.3, 0.4) is 0 Å². The molecule has 0 radical (unpaired) electrons. The van der Waals surface area contributed by atoms with E-state index in [0.717, 1.165) is 26.1 Å². The van der Waals surface area contributed by atoms with Crippen LogP contribution >= 0.6 is 0 Å². The first-order valence-corrected chi connectivity index (χ1v) is 3.20. The van der Waals surface area contributed by atoms with Crippen LogP contribution in [-0.2, 0) is 9.47 Å². The van der Waals surface area contributed by atoms with Crippen molar-refractivity contribution in [3.8, 4) is 0 Å². The molecule has 0 unspecified atom stereocenters. The monoisotopic (exact) mass is 114 g/mol. The fourth-order valence-corrected chi connectivity index (χ4v) is 1.42. The van der Waals surface area contributed by atoms with Crippen molar-refractivity contribution in [2.45, 2.75) is 25.0 Å². The number of hydrogen-bond donors (Lipinski definition) is 0. The van der Waals surface area contributed by atoms with Gasteiger partial charge in [0.15, 0.2) is 0 Å². The van der Waals surface area contributed by atoms with E-state index in [0.29, 0.717) is 12.2 Å². The van der Waals surface area contributed by atoms with Crippen LogP contribution in [0.5, 0.6) is 0 Å². The van der Waals surface area contributed by atoms with E-state index in [4.69, 9.17) is 9.47 Å². The topological polar surface area (TPSA) is 18.5 Å². The van der Waals surface area contributed by atoms with E-state index in [1.54, 1.807) is 0 Å². The van der Waals surface area contributed by atoms with E-state index in [-0.39, 0.29) is 0 Å². The molecule has 0 spiro atoms. The second-order valence-corrected chi connectivity index (χ2v) is 2.40. The highest BCUT2D eigenvalue weighted by Gasteiger charge is 2.33. The summed E-state index contributed by atoms with van der Waals surface area (Å²) in [7, 11) is 0. The molecule has 2 saturated heterocycles. The summed E-state index contributed by atoms with van der Waals surface area (Å²) in [6.45, 7) is 1.82. The van der Waals surface area contributed by atoms with Crippen molar-refractivity contribution in [3.63, 3.8) is 0 Å².